The van der Waals surface area contributed by atoms with Gasteiger partial charge in [0.1, 0.15) is 5.58 Å². The standard InChI is InChI=1S/C30H27N3O/c1-5-26-22-9-7-6-8-21(22)23-14-11-20-12-15-24-25-13-10-17(2)32-30(25)34-29(24)28(20)19(4)31-18(3)16-27(23)33-26/h5-10,12-13,15,23,27H,1,3,11,14,16H2,2,4H3. The van der Waals surface area contributed by atoms with Crippen LogP contribution < -0.4 is 0 Å². The maximum atomic E-state index is 6.34. The number of benzene rings is 2. The second kappa shape index (κ2) is 7.91. The topological polar surface area (TPSA) is 50.8 Å². The van der Waals surface area contributed by atoms with Gasteiger partial charge in [-0.15, -0.1) is 0 Å². The van der Waals surface area contributed by atoms with Crippen molar-refractivity contribution in [3.8, 4) is 0 Å². The molecule has 0 bridgehead atoms. The molecule has 168 valence electrons. The average molecular weight is 446 g/mol. The van der Waals surface area contributed by atoms with E-state index < -0.39 is 0 Å². The van der Waals surface area contributed by atoms with Crippen LogP contribution in [0, 0.1) is 6.92 Å². The largest absolute Gasteiger partial charge is 0.437 e. The molecule has 0 amide bonds. The molecular formula is C30H27N3O. The fourth-order valence-electron chi connectivity index (χ4n) is 5.65. The van der Waals surface area contributed by atoms with Gasteiger partial charge in [-0.2, -0.15) is 0 Å². The quantitative estimate of drug-likeness (QED) is 0.314. The lowest BCUT2D eigenvalue weighted by Crippen LogP contribution is -2.27. The Balaban J connectivity index is 1.52. The number of aliphatic imine (C=N–C) groups is 2. The van der Waals surface area contributed by atoms with Crippen molar-refractivity contribution in [3.63, 3.8) is 0 Å². The van der Waals surface area contributed by atoms with Crippen molar-refractivity contribution < 1.29 is 4.42 Å². The van der Waals surface area contributed by atoms with Gasteiger partial charge in [-0.3, -0.25) is 9.98 Å². The molecule has 2 unspecified atom stereocenters. The molecule has 4 heteroatoms. The van der Waals surface area contributed by atoms with Crippen LogP contribution in [0.1, 0.15) is 53.6 Å². The smallest absolute Gasteiger partial charge is 0.227 e. The summed E-state index contributed by atoms with van der Waals surface area (Å²) in [5.74, 6) is 0.300. The van der Waals surface area contributed by atoms with Crippen molar-refractivity contribution >= 4 is 33.5 Å². The number of aryl methyl sites for hydroxylation is 2. The highest BCUT2D eigenvalue weighted by molar-refractivity contribution is 6.15. The van der Waals surface area contributed by atoms with Gasteiger partial charge in [0.2, 0.25) is 5.71 Å². The number of allylic oxidation sites excluding steroid dienone is 1. The van der Waals surface area contributed by atoms with Crippen LogP contribution in [0.2, 0.25) is 0 Å². The molecule has 2 aromatic heterocycles. The molecule has 4 heterocycles. The first kappa shape index (κ1) is 20.8. The predicted octanol–water partition coefficient (Wildman–Crippen LogP) is 7.09. The number of aromatic nitrogens is 1. The van der Waals surface area contributed by atoms with Gasteiger partial charge in [-0.1, -0.05) is 49.6 Å². The summed E-state index contributed by atoms with van der Waals surface area (Å²) in [5.41, 5.74) is 10.1. The molecule has 4 nitrogen and oxygen atoms in total. The van der Waals surface area contributed by atoms with E-state index in [2.05, 4.69) is 67.5 Å². The fraction of sp³-hybridized carbons (Fsp3) is 0.233. The zero-order valence-electron chi connectivity index (χ0n) is 19.6. The van der Waals surface area contributed by atoms with Crippen LogP contribution in [0.25, 0.3) is 22.1 Å². The number of furan rings is 1. The fourth-order valence-corrected chi connectivity index (χ4v) is 5.65. The third-order valence-corrected chi connectivity index (χ3v) is 7.19. The number of hydrogen-bond acceptors (Lipinski definition) is 4. The van der Waals surface area contributed by atoms with E-state index in [0.29, 0.717) is 11.6 Å². The molecule has 0 saturated heterocycles. The Morgan fingerprint density at radius 1 is 1.03 bits per heavy atom. The summed E-state index contributed by atoms with van der Waals surface area (Å²) in [6.07, 6.45) is 4.50. The van der Waals surface area contributed by atoms with E-state index in [0.717, 1.165) is 64.0 Å². The van der Waals surface area contributed by atoms with Crippen LogP contribution in [0.3, 0.4) is 0 Å². The summed E-state index contributed by atoms with van der Waals surface area (Å²) in [6, 6.07) is 17.2. The molecule has 2 aromatic carbocycles. The van der Waals surface area contributed by atoms with Crippen LogP contribution in [0.15, 0.2) is 87.9 Å². The number of pyridine rings is 1. The first-order valence-corrected chi connectivity index (χ1v) is 11.9. The minimum absolute atomic E-state index is 0.107. The lowest BCUT2D eigenvalue weighted by Gasteiger charge is -2.32. The third kappa shape index (κ3) is 3.25. The summed E-state index contributed by atoms with van der Waals surface area (Å²) in [6.45, 7) is 12.4. The zero-order valence-corrected chi connectivity index (χ0v) is 19.6. The Bertz CT molecular complexity index is 1550. The zero-order chi connectivity index (χ0) is 23.4. The van der Waals surface area contributed by atoms with Crippen LogP contribution in [-0.4, -0.2) is 22.4 Å². The number of fused-ring (bicyclic) bond motifs is 8. The van der Waals surface area contributed by atoms with E-state index in [-0.39, 0.29) is 6.04 Å². The molecule has 4 aromatic rings. The van der Waals surface area contributed by atoms with Crippen LogP contribution in [0.5, 0.6) is 0 Å². The molecule has 2 atom stereocenters. The van der Waals surface area contributed by atoms with E-state index in [9.17, 15) is 0 Å². The Hall–Kier alpha value is -3.79. The molecule has 0 aliphatic carbocycles. The Kier molecular flexibility index (Phi) is 4.84. The third-order valence-electron chi connectivity index (χ3n) is 7.19. The van der Waals surface area contributed by atoms with E-state index >= 15 is 0 Å². The van der Waals surface area contributed by atoms with Crippen molar-refractivity contribution in [2.24, 2.45) is 9.98 Å². The van der Waals surface area contributed by atoms with E-state index in [1.807, 2.05) is 19.1 Å². The van der Waals surface area contributed by atoms with Crippen molar-refractivity contribution in [2.45, 2.75) is 45.1 Å². The normalized spacial score (nSPS) is 20.2. The predicted molar refractivity (Wildman–Crippen MR) is 140 cm³/mol. The molecule has 6 rings (SSSR count). The molecular weight excluding hydrogens is 418 g/mol. The molecule has 0 saturated carbocycles. The molecule has 2 aliphatic heterocycles. The number of rotatable bonds is 1. The molecule has 0 fully saturated rings. The van der Waals surface area contributed by atoms with Gasteiger partial charge in [0.25, 0.3) is 0 Å². The van der Waals surface area contributed by atoms with Gasteiger partial charge in [0, 0.05) is 51.3 Å². The van der Waals surface area contributed by atoms with Gasteiger partial charge in [0.15, 0.2) is 0 Å². The molecule has 0 spiro atoms. The lowest BCUT2D eigenvalue weighted by molar-refractivity contribution is 0.490. The van der Waals surface area contributed by atoms with Gasteiger partial charge >= 0.3 is 0 Å². The maximum Gasteiger partial charge on any atom is 0.227 e. The minimum Gasteiger partial charge on any atom is -0.437 e. The summed E-state index contributed by atoms with van der Waals surface area (Å²) in [5, 5.41) is 2.12. The van der Waals surface area contributed by atoms with Crippen molar-refractivity contribution in [3.05, 3.63) is 101 Å². The van der Waals surface area contributed by atoms with E-state index in [1.165, 1.54) is 16.7 Å². The average Bonchev–Trinajstić information content (AvgIpc) is 3.19. The molecule has 0 radical (unpaired) electrons. The van der Waals surface area contributed by atoms with Gasteiger partial charge in [0.05, 0.1) is 11.8 Å². The number of hydrogen-bond donors (Lipinski definition) is 0. The van der Waals surface area contributed by atoms with Gasteiger partial charge in [-0.05, 0) is 56.0 Å². The minimum atomic E-state index is 0.107. The monoisotopic (exact) mass is 445 g/mol. The SMILES string of the molecule is C=CC1=NC2CC(=C)N=C(C)c3c(ccc4c3oc3nc(C)ccc34)CCC2c2ccccc21. The highest BCUT2D eigenvalue weighted by Gasteiger charge is 2.31. The van der Waals surface area contributed by atoms with Crippen LogP contribution in [-0.2, 0) is 6.42 Å². The Morgan fingerprint density at radius 3 is 2.71 bits per heavy atom. The summed E-state index contributed by atoms with van der Waals surface area (Å²) >= 11 is 0. The van der Waals surface area contributed by atoms with E-state index in [4.69, 9.17) is 14.4 Å². The van der Waals surface area contributed by atoms with Gasteiger partial charge < -0.3 is 4.42 Å². The lowest BCUT2D eigenvalue weighted by atomic mass is 9.78. The molecule has 2 aliphatic rings. The van der Waals surface area contributed by atoms with Crippen molar-refractivity contribution in [2.75, 3.05) is 0 Å². The van der Waals surface area contributed by atoms with Gasteiger partial charge in [-0.25, -0.2) is 4.98 Å². The van der Waals surface area contributed by atoms with Crippen LogP contribution in [0.4, 0.5) is 0 Å². The highest BCUT2D eigenvalue weighted by atomic mass is 16.3. The Morgan fingerprint density at radius 2 is 1.85 bits per heavy atom. The summed E-state index contributed by atoms with van der Waals surface area (Å²) in [7, 11) is 0. The second-order valence-corrected chi connectivity index (χ2v) is 9.37. The first-order valence-electron chi connectivity index (χ1n) is 11.9. The van der Waals surface area contributed by atoms with Crippen LogP contribution >= 0.6 is 0 Å². The molecule has 0 N–H and O–H groups in total. The second-order valence-electron chi connectivity index (χ2n) is 9.37. The maximum absolute atomic E-state index is 6.34. The molecule has 34 heavy (non-hydrogen) atoms. The number of nitrogens with zero attached hydrogens (tertiary/aromatic N) is 3. The highest BCUT2D eigenvalue weighted by Crippen LogP contribution is 2.40. The van der Waals surface area contributed by atoms with Crippen molar-refractivity contribution in [1.82, 2.24) is 4.98 Å². The summed E-state index contributed by atoms with van der Waals surface area (Å²) in [4.78, 5) is 14.7. The first-order chi connectivity index (χ1) is 16.5. The van der Waals surface area contributed by atoms with Crippen molar-refractivity contribution in [1.29, 1.82) is 0 Å². The van der Waals surface area contributed by atoms with E-state index in [1.54, 1.807) is 0 Å². The summed E-state index contributed by atoms with van der Waals surface area (Å²) < 4.78 is 6.34. The Labute approximate surface area is 199 Å².